The highest BCUT2D eigenvalue weighted by atomic mass is 35.5. The molecular formula is C20H18Cl2N2O4. The number of hydrogen-bond donors (Lipinski definition) is 1. The molecule has 0 aliphatic carbocycles. The molecular weight excluding hydrogens is 403 g/mol. The lowest BCUT2D eigenvalue weighted by Crippen LogP contribution is -2.13. The fraction of sp³-hybridized carbons (Fsp3) is 0.200. The van der Waals surface area contributed by atoms with Gasteiger partial charge in [-0.1, -0.05) is 23.2 Å². The first-order valence-corrected chi connectivity index (χ1v) is 9.17. The van der Waals surface area contributed by atoms with Gasteiger partial charge in [0.2, 0.25) is 5.91 Å². The van der Waals surface area contributed by atoms with Crippen LogP contribution < -0.4 is 14.8 Å². The molecule has 1 aromatic heterocycles. The Bertz CT molecular complexity index is 971. The summed E-state index contributed by atoms with van der Waals surface area (Å²) in [7, 11) is 3.01. The van der Waals surface area contributed by atoms with E-state index in [1.807, 2.05) is 12.1 Å². The number of methoxy groups -OCH3 is 2. The molecule has 0 radical (unpaired) electrons. The second-order valence-electron chi connectivity index (χ2n) is 5.86. The van der Waals surface area contributed by atoms with Crippen LogP contribution in [0.1, 0.15) is 12.3 Å². The van der Waals surface area contributed by atoms with E-state index in [9.17, 15) is 4.79 Å². The van der Waals surface area contributed by atoms with Gasteiger partial charge in [-0.05, 0) is 30.3 Å². The normalized spacial score (nSPS) is 10.6. The van der Waals surface area contributed by atoms with Crippen molar-refractivity contribution in [3.05, 3.63) is 58.5 Å². The second-order valence-corrected chi connectivity index (χ2v) is 6.70. The Morgan fingerprint density at radius 1 is 1.11 bits per heavy atom. The first-order valence-electron chi connectivity index (χ1n) is 8.42. The summed E-state index contributed by atoms with van der Waals surface area (Å²) >= 11 is 12.0. The minimum atomic E-state index is -0.217. The van der Waals surface area contributed by atoms with Crippen LogP contribution in [-0.4, -0.2) is 25.1 Å². The molecule has 0 saturated heterocycles. The molecule has 0 saturated carbocycles. The predicted octanol–water partition coefficient (Wildman–Crippen LogP) is 5.24. The molecule has 0 bridgehead atoms. The first kappa shape index (κ1) is 20.0. The molecule has 1 amide bonds. The molecule has 3 rings (SSSR count). The van der Waals surface area contributed by atoms with Gasteiger partial charge in [0.1, 0.15) is 11.5 Å². The van der Waals surface area contributed by atoms with Crippen LogP contribution in [-0.2, 0) is 11.2 Å². The number of aryl methyl sites for hydroxylation is 1. The van der Waals surface area contributed by atoms with Crippen molar-refractivity contribution in [2.45, 2.75) is 12.8 Å². The third-order valence-corrected chi connectivity index (χ3v) is 4.54. The molecule has 8 heteroatoms. The van der Waals surface area contributed by atoms with Crippen LogP contribution in [0.2, 0.25) is 10.0 Å². The van der Waals surface area contributed by atoms with Gasteiger partial charge in [-0.15, -0.1) is 0 Å². The van der Waals surface area contributed by atoms with Crippen molar-refractivity contribution in [3.63, 3.8) is 0 Å². The zero-order valence-electron chi connectivity index (χ0n) is 15.3. The summed E-state index contributed by atoms with van der Waals surface area (Å²) in [4.78, 5) is 16.5. The van der Waals surface area contributed by atoms with Crippen molar-refractivity contribution < 1.29 is 18.7 Å². The maximum Gasteiger partial charge on any atom is 0.224 e. The number of nitrogens with zero attached hydrogens (tertiary/aromatic N) is 1. The smallest absolute Gasteiger partial charge is 0.224 e. The van der Waals surface area contributed by atoms with E-state index in [1.165, 1.54) is 14.2 Å². The van der Waals surface area contributed by atoms with Crippen LogP contribution in [0, 0.1) is 0 Å². The van der Waals surface area contributed by atoms with Gasteiger partial charge in [0, 0.05) is 29.5 Å². The molecule has 6 nitrogen and oxygen atoms in total. The fourth-order valence-electron chi connectivity index (χ4n) is 2.56. The van der Waals surface area contributed by atoms with Crippen LogP contribution in [0.5, 0.6) is 11.5 Å². The van der Waals surface area contributed by atoms with E-state index in [2.05, 4.69) is 10.3 Å². The highest BCUT2D eigenvalue weighted by Crippen LogP contribution is 2.36. The van der Waals surface area contributed by atoms with Crippen LogP contribution in [0.25, 0.3) is 11.3 Å². The molecule has 0 fully saturated rings. The van der Waals surface area contributed by atoms with Gasteiger partial charge in [-0.3, -0.25) is 4.79 Å². The third kappa shape index (κ3) is 4.77. The van der Waals surface area contributed by atoms with E-state index in [0.29, 0.717) is 45.3 Å². The van der Waals surface area contributed by atoms with Crippen molar-refractivity contribution in [1.82, 2.24) is 4.98 Å². The predicted molar refractivity (Wildman–Crippen MR) is 108 cm³/mol. The van der Waals surface area contributed by atoms with Crippen molar-refractivity contribution >= 4 is 34.8 Å². The summed E-state index contributed by atoms with van der Waals surface area (Å²) < 4.78 is 16.1. The summed E-state index contributed by atoms with van der Waals surface area (Å²) in [5.74, 6) is 1.79. The molecule has 146 valence electrons. The van der Waals surface area contributed by atoms with Crippen molar-refractivity contribution in [3.8, 4) is 22.8 Å². The number of amides is 1. The number of ether oxygens (including phenoxy) is 2. The monoisotopic (exact) mass is 420 g/mol. The number of nitrogens with one attached hydrogen (secondary N) is 1. The van der Waals surface area contributed by atoms with Crippen LogP contribution >= 0.6 is 23.2 Å². The molecule has 0 spiro atoms. The number of anilines is 1. The van der Waals surface area contributed by atoms with E-state index in [4.69, 9.17) is 37.1 Å². The Morgan fingerprint density at radius 2 is 1.82 bits per heavy atom. The lowest BCUT2D eigenvalue weighted by molar-refractivity contribution is -0.116. The van der Waals surface area contributed by atoms with Crippen molar-refractivity contribution in [2.24, 2.45) is 0 Å². The van der Waals surface area contributed by atoms with Crippen LogP contribution in [0.4, 0.5) is 5.69 Å². The van der Waals surface area contributed by atoms with Gasteiger partial charge >= 0.3 is 0 Å². The number of carbonyl (C=O) groups is 1. The van der Waals surface area contributed by atoms with E-state index in [-0.39, 0.29) is 12.3 Å². The number of aromatic nitrogens is 1. The summed E-state index contributed by atoms with van der Waals surface area (Å²) in [6.45, 7) is 0. The SMILES string of the molecule is COc1cc(OC)c(NC(=O)CCc2ncc(-c3ccc(Cl)cc3)o2)cc1Cl. The molecule has 0 aliphatic rings. The minimum absolute atomic E-state index is 0.188. The van der Waals surface area contributed by atoms with Crippen LogP contribution in [0.15, 0.2) is 47.0 Å². The largest absolute Gasteiger partial charge is 0.495 e. The molecule has 0 atom stereocenters. The van der Waals surface area contributed by atoms with Gasteiger partial charge in [0.25, 0.3) is 0 Å². The molecule has 2 aromatic carbocycles. The summed E-state index contributed by atoms with van der Waals surface area (Å²) in [6.07, 6.45) is 2.17. The fourth-order valence-corrected chi connectivity index (χ4v) is 2.93. The average molecular weight is 421 g/mol. The first-order chi connectivity index (χ1) is 13.5. The van der Waals surface area contributed by atoms with Crippen molar-refractivity contribution in [2.75, 3.05) is 19.5 Å². The molecule has 0 unspecified atom stereocenters. The summed E-state index contributed by atoms with van der Waals surface area (Å²) in [5, 5.41) is 3.80. The zero-order chi connectivity index (χ0) is 20.1. The van der Waals surface area contributed by atoms with E-state index < -0.39 is 0 Å². The zero-order valence-corrected chi connectivity index (χ0v) is 16.8. The number of oxazole rings is 1. The molecule has 28 heavy (non-hydrogen) atoms. The Hall–Kier alpha value is -2.70. The number of hydrogen-bond acceptors (Lipinski definition) is 5. The molecule has 0 aliphatic heterocycles. The summed E-state index contributed by atoms with van der Waals surface area (Å²) in [5.41, 5.74) is 1.33. The van der Waals surface area contributed by atoms with E-state index in [1.54, 1.807) is 30.5 Å². The highest BCUT2D eigenvalue weighted by Gasteiger charge is 2.14. The van der Waals surface area contributed by atoms with Crippen LogP contribution in [0.3, 0.4) is 0 Å². The lowest BCUT2D eigenvalue weighted by Gasteiger charge is -2.12. The van der Waals surface area contributed by atoms with Crippen molar-refractivity contribution in [1.29, 1.82) is 0 Å². The minimum Gasteiger partial charge on any atom is -0.495 e. The maximum atomic E-state index is 12.3. The second kappa shape index (κ2) is 8.99. The third-order valence-electron chi connectivity index (χ3n) is 4.00. The maximum absolute atomic E-state index is 12.3. The van der Waals surface area contributed by atoms with E-state index >= 15 is 0 Å². The van der Waals surface area contributed by atoms with Gasteiger partial charge in [0.15, 0.2) is 11.7 Å². The highest BCUT2D eigenvalue weighted by molar-refractivity contribution is 6.32. The lowest BCUT2D eigenvalue weighted by atomic mass is 10.2. The topological polar surface area (TPSA) is 73.6 Å². The quantitative estimate of drug-likeness (QED) is 0.565. The van der Waals surface area contributed by atoms with Gasteiger partial charge < -0.3 is 19.2 Å². The van der Waals surface area contributed by atoms with Gasteiger partial charge in [-0.2, -0.15) is 0 Å². The molecule has 3 aromatic rings. The Kier molecular flexibility index (Phi) is 6.44. The Balaban J connectivity index is 1.62. The Labute approximate surface area is 172 Å². The number of benzene rings is 2. The molecule has 1 heterocycles. The standard InChI is InChI=1S/C20H18Cl2N2O4/c1-26-16-10-17(27-2)15(9-14(16)22)24-19(25)7-8-20-23-11-18(28-20)12-3-5-13(21)6-4-12/h3-6,9-11H,7-8H2,1-2H3,(H,24,25). The molecule has 1 N–H and O–H groups in total. The van der Waals surface area contributed by atoms with Gasteiger partial charge in [-0.25, -0.2) is 4.98 Å². The number of carbonyl (C=O) groups excluding carboxylic acids is 1. The van der Waals surface area contributed by atoms with Gasteiger partial charge in [0.05, 0.1) is 31.1 Å². The number of halogens is 2. The summed E-state index contributed by atoms with van der Waals surface area (Å²) in [6, 6.07) is 10.4. The average Bonchev–Trinajstić information content (AvgIpc) is 3.16. The van der Waals surface area contributed by atoms with E-state index in [0.717, 1.165) is 5.56 Å². The Morgan fingerprint density at radius 3 is 2.50 bits per heavy atom. The number of rotatable bonds is 7.